The van der Waals surface area contributed by atoms with Gasteiger partial charge in [-0.25, -0.2) is 22.8 Å². The number of hydrogen-bond donors (Lipinski definition) is 3. The summed E-state index contributed by atoms with van der Waals surface area (Å²) in [5.41, 5.74) is -0.106. The summed E-state index contributed by atoms with van der Waals surface area (Å²) in [6.07, 6.45) is 2.61. The van der Waals surface area contributed by atoms with Crippen molar-refractivity contribution in [2.75, 3.05) is 5.32 Å². The van der Waals surface area contributed by atoms with E-state index in [4.69, 9.17) is 0 Å². The Morgan fingerprint density at radius 1 is 1.11 bits per heavy atom. The van der Waals surface area contributed by atoms with Crippen LogP contribution >= 0.6 is 11.3 Å². The molecule has 0 aliphatic heterocycles. The molecule has 0 bridgehead atoms. The van der Waals surface area contributed by atoms with Crippen LogP contribution in [0.2, 0.25) is 18.1 Å². The Hall–Kier alpha value is -1.73. The first-order chi connectivity index (χ1) is 16.2. The van der Waals surface area contributed by atoms with Crippen molar-refractivity contribution in [3.8, 4) is 0 Å². The van der Waals surface area contributed by atoms with Gasteiger partial charge in [-0.2, -0.15) is 0 Å². The lowest BCUT2D eigenvalue weighted by molar-refractivity contribution is 0.0823. The number of nitrogens with zero attached hydrogens (tertiary/aromatic N) is 3. The molecule has 0 fully saturated rings. The number of urea groups is 1. The number of pyridine rings is 1. The van der Waals surface area contributed by atoms with Crippen LogP contribution in [0.25, 0.3) is 0 Å². The molecule has 1 unspecified atom stereocenters. The fourth-order valence-electron chi connectivity index (χ4n) is 3.17. The minimum atomic E-state index is -3.54. The van der Waals surface area contributed by atoms with E-state index in [0.717, 1.165) is 17.5 Å². The Morgan fingerprint density at radius 2 is 1.69 bits per heavy atom. The summed E-state index contributed by atoms with van der Waals surface area (Å²) in [4.78, 5) is 22.3. The lowest BCUT2D eigenvalue weighted by atomic mass is 9.96. The van der Waals surface area contributed by atoms with Crippen molar-refractivity contribution in [2.24, 2.45) is 4.36 Å². The zero-order chi connectivity index (χ0) is 27.9. The standard InChI is InChI=1S/C24H40FN5O3S2Si/c1-14(2)18-16(25)12-26-19(15(3)4)20(18)28-21(31)29-35(33,30-36(10,11)23(5,6)7)22-27-13-17(34-22)24(8,9)32/h12-15,32H,1-11H3,(H2,28,29,30,31,33). The number of anilines is 1. The lowest BCUT2D eigenvalue weighted by Crippen LogP contribution is -2.54. The van der Waals surface area contributed by atoms with Gasteiger partial charge in [0.2, 0.25) is 4.34 Å². The van der Waals surface area contributed by atoms with Gasteiger partial charge < -0.3 is 10.4 Å². The van der Waals surface area contributed by atoms with Gasteiger partial charge in [0.15, 0.2) is 9.92 Å². The van der Waals surface area contributed by atoms with Gasteiger partial charge in [0, 0.05) is 11.8 Å². The fourth-order valence-corrected chi connectivity index (χ4v) is 10.1. The molecule has 0 aliphatic carbocycles. The smallest absolute Gasteiger partial charge is 0.355 e. The molecule has 0 radical (unpaired) electrons. The van der Waals surface area contributed by atoms with Crippen LogP contribution < -0.4 is 9.70 Å². The molecule has 8 nitrogen and oxygen atoms in total. The van der Waals surface area contributed by atoms with Crippen LogP contribution in [0.4, 0.5) is 14.9 Å². The highest BCUT2D eigenvalue weighted by Crippen LogP contribution is 2.37. The summed E-state index contributed by atoms with van der Waals surface area (Å²) in [5.74, 6) is -0.857. The van der Waals surface area contributed by atoms with E-state index < -0.39 is 35.6 Å². The van der Waals surface area contributed by atoms with Crippen LogP contribution in [0.5, 0.6) is 0 Å². The number of carbonyl (C=O) groups excluding carboxylic acids is 1. The maximum atomic E-state index is 14.7. The SMILES string of the molecule is CC(C)c1ncc(F)c(C(C)C)c1NC(=O)N=S(=O)(N[Si](C)(C)C(C)(C)C)c1ncc(C(C)(C)O)s1. The van der Waals surface area contributed by atoms with E-state index in [0.29, 0.717) is 16.1 Å². The van der Waals surface area contributed by atoms with Crippen LogP contribution in [0, 0.1) is 5.82 Å². The first kappa shape index (κ1) is 30.5. The number of thiazole rings is 1. The van der Waals surface area contributed by atoms with E-state index in [1.807, 2.05) is 61.6 Å². The maximum Gasteiger partial charge on any atom is 0.355 e. The molecule has 202 valence electrons. The molecule has 0 saturated carbocycles. The van der Waals surface area contributed by atoms with Crippen LogP contribution in [0.3, 0.4) is 0 Å². The Balaban J connectivity index is 2.69. The van der Waals surface area contributed by atoms with Gasteiger partial charge in [0.25, 0.3) is 0 Å². The molecule has 2 rings (SSSR count). The van der Waals surface area contributed by atoms with Crippen LogP contribution in [-0.4, -0.2) is 33.5 Å². The Labute approximate surface area is 220 Å². The molecule has 0 aromatic carbocycles. The van der Waals surface area contributed by atoms with E-state index in [-0.39, 0.29) is 26.9 Å². The third kappa shape index (κ3) is 6.77. The number of aromatic nitrogens is 2. The minimum absolute atomic E-state index is 0.0959. The highest BCUT2D eigenvalue weighted by molar-refractivity contribution is 7.95. The quantitative estimate of drug-likeness (QED) is 0.327. The number of halogens is 1. The van der Waals surface area contributed by atoms with Gasteiger partial charge in [0.05, 0.1) is 28.1 Å². The molecule has 2 aromatic rings. The Bertz CT molecular complexity index is 1240. The fraction of sp³-hybridized carbons (Fsp3) is 0.625. The third-order valence-corrected chi connectivity index (χ3v) is 16.2. The number of carbonyl (C=O) groups is 1. The molecule has 12 heteroatoms. The van der Waals surface area contributed by atoms with Gasteiger partial charge in [-0.3, -0.25) is 4.98 Å². The average Bonchev–Trinajstić information content (AvgIpc) is 3.17. The topological polar surface area (TPSA) is 117 Å². The number of rotatable bonds is 7. The number of amides is 2. The van der Waals surface area contributed by atoms with Crippen molar-refractivity contribution in [3.63, 3.8) is 0 Å². The van der Waals surface area contributed by atoms with E-state index in [1.165, 1.54) is 6.20 Å². The van der Waals surface area contributed by atoms with Gasteiger partial charge in [-0.05, 0) is 30.7 Å². The zero-order valence-electron chi connectivity index (χ0n) is 23.1. The normalized spacial score (nSPS) is 14.8. The highest BCUT2D eigenvalue weighted by Gasteiger charge is 2.40. The largest absolute Gasteiger partial charge is 0.385 e. The van der Waals surface area contributed by atoms with Crippen LogP contribution in [0.1, 0.15) is 90.3 Å². The monoisotopic (exact) mass is 557 g/mol. The second-order valence-corrected chi connectivity index (χ2v) is 20.1. The summed E-state index contributed by atoms with van der Waals surface area (Å²) >= 11 is 1.04. The molecule has 3 N–H and O–H groups in total. The van der Waals surface area contributed by atoms with E-state index in [1.54, 1.807) is 13.8 Å². The van der Waals surface area contributed by atoms with Gasteiger partial charge >= 0.3 is 6.03 Å². The van der Waals surface area contributed by atoms with E-state index in [9.17, 15) is 18.5 Å². The minimum Gasteiger partial charge on any atom is -0.385 e. The summed E-state index contributed by atoms with van der Waals surface area (Å²) in [5, 5.41) is 12.9. The van der Waals surface area contributed by atoms with Crippen molar-refractivity contribution in [3.05, 3.63) is 34.3 Å². The molecular formula is C24H40FN5O3S2Si. The molecule has 2 aromatic heterocycles. The summed E-state index contributed by atoms with van der Waals surface area (Å²) in [7, 11) is -5.99. The molecule has 2 heterocycles. The first-order valence-corrected chi connectivity index (χ1v) is 17.3. The molecule has 2 amide bonds. The predicted molar refractivity (Wildman–Crippen MR) is 148 cm³/mol. The van der Waals surface area contributed by atoms with Crippen LogP contribution in [-0.2, 0) is 15.5 Å². The number of aliphatic hydroxyl groups is 1. The molecule has 0 saturated heterocycles. The van der Waals surface area contributed by atoms with Crippen molar-refractivity contribution in [1.29, 1.82) is 0 Å². The van der Waals surface area contributed by atoms with Gasteiger partial charge in [-0.15, -0.1) is 15.7 Å². The third-order valence-electron chi connectivity index (χ3n) is 6.26. The molecule has 1 atom stereocenters. The van der Waals surface area contributed by atoms with Crippen molar-refractivity contribution >= 4 is 41.2 Å². The molecule has 0 spiro atoms. The second kappa shape index (κ2) is 10.6. The summed E-state index contributed by atoms with van der Waals surface area (Å²) in [6, 6.07) is -0.887. The average molecular weight is 558 g/mol. The Kier molecular flexibility index (Phi) is 8.95. The van der Waals surface area contributed by atoms with E-state index in [2.05, 4.69) is 24.0 Å². The van der Waals surface area contributed by atoms with Crippen molar-refractivity contribution < 1.29 is 18.5 Å². The number of hydrogen-bond acceptors (Lipinski definition) is 6. The highest BCUT2D eigenvalue weighted by atomic mass is 32.2. The van der Waals surface area contributed by atoms with Crippen molar-refractivity contribution in [2.45, 2.75) is 102 Å². The first-order valence-electron chi connectivity index (χ1n) is 11.9. The van der Waals surface area contributed by atoms with Crippen LogP contribution in [0.15, 0.2) is 21.1 Å². The summed E-state index contributed by atoms with van der Waals surface area (Å²) < 4.78 is 36.5. The molecular weight excluding hydrogens is 518 g/mol. The number of nitrogens with one attached hydrogen (secondary N) is 2. The zero-order valence-corrected chi connectivity index (χ0v) is 25.7. The molecule has 36 heavy (non-hydrogen) atoms. The second-order valence-electron chi connectivity index (χ2n) is 11.7. The predicted octanol–water partition coefficient (Wildman–Crippen LogP) is 6.72. The summed E-state index contributed by atoms with van der Waals surface area (Å²) in [6.45, 7) is 20.8. The maximum absolute atomic E-state index is 14.7. The van der Waals surface area contributed by atoms with Gasteiger partial charge in [0.1, 0.15) is 14.1 Å². The van der Waals surface area contributed by atoms with E-state index >= 15 is 0 Å². The Morgan fingerprint density at radius 3 is 2.14 bits per heavy atom. The molecule has 0 aliphatic rings. The lowest BCUT2D eigenvalue weighted by Gasteiger charge is -2.37. The van der Waals surface area contributed by atoms with Crippen molar-refractivity contribution in [1.82, 2.24) is 14.4 Å². The van der Waals surface area contributed by atoms with Gasteiger partial charge in [-0.1, -0.05) is 61.6 Å².